The molecule has 0 bridgehead atoms. The summed E-state index contributed by atoms with van der Waals surface area (Å²) < 4.78 is 10.9. The van der Waals surface area contributed by atoms with E-state index in [4.69, 9.17) is 9.47 Å². The van der Waals surface area contributed by atoms with Crippen molar-refractivity contribution < 1.29 is 23.9 Å². The SMILES string of the molecule is C[C@@H]1O[C@@H]2CC(=O)O[C@@H]2C2=C1C(=O)c1ccccc1C2=O. The Morgan fingerprint density at radius 3 is 2.29 bits per heavy atom. The van der Waals surface area contributed by atoms with Gasteiger partial charge in [0.2, 0.25) is 0 Å². The molecule has 2 heterocycles. The third kappa shape index (κ3) is 1.58. The van der Waals surface area contributed by atoms with Gasteiger partial charge in [-0.05, 0) is 6.92 Å². The first-order valence-corrected chi connectivity index (χ1v) is 6.85. The largest absolute Gasteiger partial charge is 0.454 e. The summed E-state index contributed by atoms with van der Waals surface area (Å²) in [6, 6.07) is 6.71. The van der Waals surface area contributed by atoms with Crippen molar-refractivity contribution in [2.45, 2.75) is 31.7 Å². The first-order valence-electron chi connectivity index (χ1n) is 6.85. The summed E-state index contributed by atoms with van der Waals surface area (Å²) in [5.41, 5.74) is 1.39. The number of carbonyl (C=O) groups is 3. The quantitative estimate of drug-likeness (QED) is 0.675. The third-order valence-corrected chi connectivity index (χ3v) is 4.23. The molecular formula is C16H12O5. The van der Waals surface area contributed by atoms with Crippen LogP contribution in [0.15, 0.2) is 35.4 Å². The van der Waals surface area contributed by atoms with Crippen molar-refractivity contribution in [2.75, 3.05) is 0 Å². The molecule has 4 rings (SSSR count). The maximum Gasteiger partial charge on any atom is 0.309 e. The van der Waals surface area contributed by atoms with Gasteiger partial charge in [-0.1, -0.05) is 24.3 Å². The van der Waals surface area contributed by atoms with Gasteiger partial charge in [0.15, 0.2) is 17.7 Å². The summed E-state index contributed by atoms with van der Waals surface area (Å²) in [7, 11) is 0. The second-order valence-electron chi connectivity index (χ2n) is 5.46. The van der Waals surface area contributed by atoms with Crippen molar-refractivity contribution in [3.05, 3.63) is 46.5 Å². The van der Waals surface area contributed by atoms with Crippen LogP contribution in [0, 0.1) is 0 Å². The molecule has 0 saturated carbocycles. The predicted molar refractivity (Wildman–Crippen MR) is 71.0 cm³/mol. The van der Waals surface area contributed by atoms with Crippen LogP contribution >= 0.6 is 0 Å². The zero-order chi connectivity index (χ0) is 14.7. The van der Waals surface area contributed by atoms with E-state index >= 15 is 0 Å². The fourth-order valence-corrected chi connectivity index (χ4v) is 3.33. The summed E-state index contributed by atoms with van der Waals surface area (Å²) in [5.74, 6) is -0.848. The second-order valence-corrected chi connectivity index (χ2v) is 5.46. The molecule has 2 aliphatic heterocycles. The van der Waals surface area contributed by atoms with Crippen molar-refractivity contribution >= 4 is 17.5 Å². The number of ether oxygens (including phenoxy) is 2. The molecular weight excluding hydrogens is 272 g/mol. The monoisotopic (exact) mass is 284 g/mol. The predicted octanol–water partition coefficient (Wildman–Crippen LogP) is 1.47. The highest BCUT2D eigenvalue weighted by molar-refractivity contribution is 6.28. The van der Waals surface area contributed by atoms with Gasteiger partial charge >= 0.3 is 5.97 Å². The van der Waals surface area contributed by atoms with Gasteiger partial charge in [-0.15, -0.1) is 0 Å². The van der Waals surface area contributed by atoms with Crippen LogP contribution in [0.25, 0.3) is 0 Å². The number of hydrogen-bond acceptors (Lipinski definition) is 5. The normalized spacial score (nSPS) is 30.7. The molecule has 1 aromatic carbocycles. The fourth-order valence-electron chi connectivity index (χ4n) is 3.33. The summed E-state index contributed by atoms with van der Waals surface area (Å²) >= 11 is 0. The van der Waals surface area contributed by atoms with E-state index in [1.165, 1.54) is 0 Å². The van der Waals surface area contributed by atoms with Crippen LogP contribution in [0.4, 0.5) is 0 Å². The summed E-state index contributed by atoms with van der Waals surface area (Å²) in [4.78, 5) is 36.9. The number of carbonyl (C=O) groups excluding carboxylic acids is 3. The fraction of sp³-hybridized carbons (Fsp3) is 0.312. The van der Waals surface area contributed by atoms with Crippen molar-refractivity contribution in [3.8, 4) is 0 Å². The molecule has 5 nitrogen and oxygen atoms in total. The zero-order valence-electron chi connectivity index (χ0n) is 11.3. The van der Waals surface area contributed by atoms with E-state index in [2.05, 4.69) is 0 Å². The minimum Gasteiger partial charge on any atom is -0.454 e. The van der Waals surface area contributed by atoms with Gasteiger partial charge in [0.05, 0.1) is 18.1 Å². The van der Waals surface area contributed by atoms with Gasteiger partial charge in [-0.25, -0.2) is 0 Å². The highest BCUT2D eigenvalue weighted by Crippen LogP contribution is 2.40. The number of benzene rings is 1. The molecule has 0 aromatic heterocycles. The third-order valence-electron chi connectivity index (χ3n) is 4.23. The summed E-state index contributed by atoms with van der Waals surface area (Å²) in [6.45, 7) is 1.73. The van der Waals surface area contributed by atoms with E-state index < -0.39 is 24.3 Å². The maximum atomic E-state index is 12.7. The van der Waals surface area contributed by atoms with E-state index in [-0.39, 0.29) is 18.0 Å². The highest BCUT2D eigenvalue weighted by atomic mass is 16.6. The van der Waals surface area contributed by atoms with E-state index in [9.17, 15) is 14.4 Å². The standard InChI is InChI=1S/C16H12O5/c1-7-12-13(16-10(20-7)6-11(17)21-16)15(19)9-5-3-2-4-8(9)14(12)18/h2-5,7,10,16H,6H2,1H3/t7-,10+,16-/m0/s1. The van der Waals surface area contributed by atoms with Gasteiger partial charge < -0.3 is 9.47 Å². The van der Waals surface area contributed by atoms with Crippen LogP contribution < -0.4 is 0 Å². The van der Waals surface area contributed by atoms with Crippen molar-refractivity contribution in [1.29, 1.82) is 0 Å². The average molecular weight is 284 g/mol. The number of fused-ring (bicyclic) bond motifs is 3. The van der Waals surface area contributed by atoms with Crippen molar-refractivity contribution in [3.63, 3.8) is 0 Å². The second kappa shape index (κ2) is 4.11. The number of esters is 1. The number of rotatable bonds is 0. The lowest BCUT2D eigenvalue weighted by molar-refractivity contribution is -0.140. The van der Waals surface area contributed by atoms with Gasteiger partial charge in [-0.3, -0.25) is 14.4 Å². The van der Waals surface area contributed by atoms with Crippen LogP contribution in [0.5, 0.6) is 0 Å². The highest BCUT2D eigenvalue weighted by Gasteiger charge is 2.50. The summed E-state index contributed by atoms with van der Waals surface area (Å²) in [5, 5.41) is 0. The number of ketones is 2. The molecule has 1 aromatic rings. The Kier molecular flexibility index (Phi) is 2.44. The molecule has 0 radical (unpaired) electrons. The Balaban J connectivity index is 1.93. The molecule has 0 unspecified atom stereocenters. The van der Waals surface area contributed by atoms with Crippen LogP contribution in [-0.2, 0) is 14.3 Å². The minimum absolute atomic E-state index is 0.120. The van der Waals surface area contributed by atoms with Crippen molar-refractivity contribution in [1.82, 2.24) is 0 Å². The maximum absolute atomic E-state index is 12.7. The molecule has 0 amide bonds. The molecule has 0 spiro atoms. The summed E-state index contributed by atoms with van der Waals surface area (Å²) in [6.07, 6.45) is -1.63. The van der Waals surface area contributed by atoms with Crippen LogP contribution in [0.1, 0.15) is 34.1 Å². The lowest BCUT2D eigenvalue weighted by atomic mass is 9.77. The molecule has 1 saturated heterocycles. The van der Waals surface area contributed by atoms with Crippen LogP contribution in [-0.4, -0.2) is 35.8 Å². The lowest BCUT2D eigenvalue weighted by Crippen LogP contribution is -2.44. The first-order chi connectivity index (χ1) is 10.1. The van der Waals surface area contributed by atoms with Crippen molar-refractivity contribution in [2.24, 2.45) is 0 Å². The smallest absolute Gasteiger partial charge is 0.309 e. The van der Waals surface area contributed by atoms with E-state index in [0.717, 1.165) is 0 Å². The molecule has 106 valence electrons. The lowest BCUT2D eigenvalue weighted by Gasteiger charge is -2.35. The number of hydrogen-bond donors (Lipinski definition) is 0. The van der Waals surface area contributed by atoms with Crippen LogP contribution in [0.3, 0.4) is 0 Å². The van der Waals surface area contributed by atoms with E-state index in [1.54, 1.807) is 31.2 Å². The molecule has 5 heteroatoms. The minimum atomic E-state index is -0.756. The van der Waals surface area contributed by atoms with Gasteiger partial charge in [-0.2, -0.15) is 0 Å². The van der Waals surface area contributed by atoms with Crippen LogP contribution in [0.2, 0.25) is 0 Å². The Morgan fingerprint density at radius 1 is 1.00 bits per heavy atom. The number of Topliss-reactive ketones (excluding diaryl/α,β-unsaturated/α-hetero) is 2. The topological polar surface area (TPSA) is 69.7 Å². The Bertz CT molecular complexity index is 730. The van der Waals surface area contributed by atoms with Gasteiger partial charge in [0, 0.05) is 16.7 Å². The molecule has 3 aliphatic rings. The van der Waals surface area contributed by atoms with Gasteiger partial charge in [0.1, 0.15) is 6.10 Å². The van der Waals surface area contributed by atoms with E-state index in [1.807, 2.05) is 0 Å². The molecule has 3 atom stereocenters. The molecule has 1 aliphatic carbocycles. The molecule has 0 N–H and O–H groups in total. The Morgan fingerprint density at radius 2 is 1.62 bits per heavy atom. The van der Waals surface area contributed by atoms with E-state index in [0.29, 0.717) is 22.3 Å². The Labute approximate surface area is 120 Å². The molecule has 1 fully saturated rings. The average Bonchev–Trinajstić information content (AvgIpc) is 2.83. The molecule has 21 heavy (non-hydrogen) atoms. The van der Waals surface area contributed by atoms with Gasteiger partial charge in [0.25, 0.3) is 0 Å². The first kappa shape index (κ1) is 12.5. The zero-order valence-corrected chi connectivity index (χ0v) is 11.3. The Hall–Kier alpha value is -2.27.